The number of hydrogen-bond donors (Lipinski definition) is 1. The van der Waals surface area contributed by atoms with E-state index in [0.29, 0.717) is 17.7 Å². The summed E-state index contributed by atoms with van der Waals surface area (Å²) in [7, 11) is 0. The van der Waals surface area contributed by atoms with E-state index < -0.39 is 6.10 Å². The Kier molecular flexibility index (Phi) is 4.20. The SMILES string of the molecule is Cc1cc(C(=O)N2CCCC[C@H]2[C@H](C)O)ccc1F. The number of likely N-dealkylation sites (tertiary alicyclic amines) is 1. The van der Waals surface area contributed by atoms with Gasteiger partial charge in [-0.2, -0.15) is 0 Å². The van der Waals surface area contributed by atoms with Crippen molar-refractivity contribution in [2.45, 2.75) is 45.3 Å². The lowest BCUT2D eigenvalue weighted by molar-refractivity contribution is 0.0281. The number of benzene rings is 1. The first-order chi connectivity index (χ1) is 9.00. The number of carbonyl (C=O) groups is 1. The number of halogens is 1. The molecular weight excluding hydrogens is 245 g/mol. The third-order valence-corrected chi connectivity index (χ3v) is 3.77. The number of aliphatic hydroxyl groups excluding tert-OH is 1. The van der Waals surface area contributed by atoms with Gasteiger partial charge in [0.2, 0.25) is 0 Å². The van der Waals surface area contributed by atoms with Crippen LogP contribution < -0.4 is 0 Å². The third kappa shape index (κ3) is 2.95. The van der Waals surface area contributed by atoms with Gasteiger partial charge in [-0.3, -0.25) is 4.79 Å². The zero-order valence-corrected chi connectivity index (χ0v) is 11.4. The number of aryl methyl sites for hydroxylation is 1. The molecule has 2 rings (SSSR count). The van der Waals surface area contributed by atoms with E-state index in [9.17, 15) is 14.3 Å². The first-order valence-corrected chi connectivity index (χ1v) is 6.76. The van der Waals surface area contributed by atoms with E-state index in [1.54, 1.807) is 24.8 Å². The molecule has 0 bridgehead atoms. The molecule has 104 valence electrons. The minimum absolute atomic E-state index is 0.117. The van der Waals surface area contributed by atoms with Crippen LogP contribution in [0.4, 0.5) is 4.39 Å². The van der Waals surface area contributed by atoms with Gasteiger partial charge < -0.3 is 10.0 Å². The van der Waals surface area contributed by atoms with Gasteiger partial charge in [-0.1, -0.05) is 0 Å². The van der Waals surface area contributed by atoms with Crippen LogP contribution in [-0.4, -0.2) is 34.6 Å². The quantitative estimate of drug-likeness (QED) is 0.892. The molecule has 2 atom stereocenters. The summed E-state index contributed by atoms with van der Waals surface area (Å²) in [5.41, 5.74) is 0.961. The number of carbonyl (C=O) groups excluding carboxylic acids is 1. The van der Waals surface area contributed by atoms with Crippen LogP contribution in [0.25, 0.3) is 0 Å². The summed E-state index contributed by atoms with van der Waals surface area (Å²) in [6.45, 7) is 4.02. The molecule has 19 heavy (non-hydrogen) atoms. The molecule has 1 aliphatic heterocycles. The molecule has 1 N–H and O–H groups in total. The maximum Gasteiger partial charge on any atom is 0.254 e. The van der Waals surface area contributed by atoms with Crippen molar-refractivity contribution in [3.63, 3.8) is 0 Å². The molecule has 0 saturated carbocycles. The van der Waals surface area contributed by atoms with E-state index in [1.807, 2.05) is 0 Å². The molecule has 1 fully saturated rings. The van der Waals surface area contributed by atoms with E-state index in [-0.39, 0.29) is 17.8 Å². The van der Waals surface area contributed by atoms with Gasteiger partial charge >= 0.3 is 0 Å². The van der Waals surface area contributed by atoms with E-state index >= 15 is 0 Å². The van der Waals surface area contributed by atoms with Crippen LogP contribution >= 0.6 is 0 Å². The van der Waals surface area contributed by atoms with Crippen molar-refractivity contribution in [1.82, 2.24) is 4.90 Å². The summed E-state index contributed by atoms with van der Waals surface area (Å²) in [6, 6.07) is 4.28. The number of hydrogen-bond acceptors (Lipinski definition) is 2. The average Bonchev–Trinajstić information content (AvgIpc) is 2.41. The monoisotopic (exact) mass is 265 g/mol. The number of nitrogens with zero attached hydrogens (tertiary/aromatic N) is 1. The second-order valence-corrected chi connectivity index (χ2v) is 5.27. The Bertz CT molecular complexity index is 473. The smallest absolute Gasteiger partial charge is 0.254 e. The number of amides is 1. The van der Waals surface area contributed by atoms with E-state index in [2.05, 4.69) is 0 Å². The van der Waals surface area contributed by atoms with Crippen LogP contribution in [-0.2, 0) is 0 Å². The predicted molar refractivity (Wildman–Crippen MR) is 71.5 cm³/mol. The average molecular weight is 265 g/mol. The molecule has 1 amide bonds. The highest BCUT2D eigenvalue weighted by Gasteiger charge is 2.30. The molecule has 1 heterocycles. The summed E-state index contributed by atoms with van der Waals surface area (Å²) in [4.78, 5) is 14.2. The van der Waals surface area contributed by atoms with E-state index in [1.165, 1.54) is 12.1 Å². The molecule has 3 nitrogen and oxygen atoms in total. The van der Waals surface area contributed by atoms with Crippen molar-refractivity contribution < 1.29 is 14.3 Å². The lowest BCUT2D eigenvalue weighted by atomic mass is 9.97. The molecule has 4 heteroatoms. The Morgan fingerprint density at radius 1 is 1.47 bits per heavy atom. The molecule has 1 saturated heterocycles. The Hall–Kier alpha value is -1.42. The summed E-state index contributed by atoms with van der Waals surface area (Å²) in [6.07, 6.45) is 2.27. The van der Waals surface area contributed by atoms with Gasteiger partial charge in [-0.05, 0) is 56.9 Å². The standard InChI is InChI=1S/C15H20FNO2/c1-10-9-12(6-7-13(10)16)15(19)17-8-4-3-5-14(17)11(2)18/h6-7,9,11,14,18H,3-5,8H2,1-2H3/t11-,14-/m0/s1. The van der Waals surface area contributed by atoms with Crippen molar-refractivity contribution >= 4 is 5.91 Å². The molecule has 0 radical (unpaired) electrons. The van der Waals surface area contributed by atoms with Gasteiger partial charge in [-0.15, -0.1) is 0 Å². The summed E-state index contributed by atoms with van der Waals surface area (Å²) in [5, 5.41) is 9.79. The lowest BCUT2D eigenvalue weighted by Crippen LogP contribution is -2.48. The van der Waals surface area contributed by atoms with Gasteiger partial charge in [-0.25, -0.2) is 4.39 Å². The molecule has 0 aliphatic carbocycles. The van der Waals surface area contributed by atoms with E-state index in [4.69, 9.17) is 0 Å². The van der Waals surface area contributed by atoms with Crippen LogP contribution in [0.2, 0.25) is 0 Å². The highest BCUT2D eigenvalue weighted by atomic mass is 19.1. The van der Waals surface area contributed by atoms with Gasteiger partial charge in [0.15, 0.2) is 0 Å². The fourth-order valence-corrected chi connectivity index (χ4v) is 2.65. The van der Waals surface area contributed by atoms with E-state index in [0.717, 1.165) is 19.3 Å². The minimum Gasteiger partial charge on any atom is -0.391 e. The second-order valence-electron chi connectivity index (χ2n) is 5.27. The third-order valence-electron chi connectivity index (χ3n) is 3.77. The second kappa shape index (κ2) is 5.70. The summed E-state index contributed by atoms with van der Waals surface area (Å²) >= 11 is 0. The highest BCUT2D eigenvalue weighted by Crippen LogP contribution is 2.22. The lowest BCUT2D eigenvalue weighted by Gasteiger charge is -2.37. The van der Waals surface area contributed by atoms with Crippen molar-refractivity contribution in [3.05, 3.63) is 35.1 Å². The fourth-order valence-electron chi connectivity index (χ4n) is 2.65. The van der Waals surface area contributed by atoms with Crippen LogP contribution in [0.15, 0.2) is 18.2 Å². The van der Waals surface area contributed by atoms with Crippen LogP contribution in [0.3, 0.4) is 0 Å². The largest absolute Gasteiger partial charge is 0.391 e. The highest BCUT2D eigenvalue weighted by molar-refractivity contribution is 5.94. The van der Waals surface area contributed by atoms with Crippen LogP contribution in [0.5, 0.6) is 0 Å². The zero-order chi connectivity index (χ0) is 14.0. The normalized spacial score (nSPS) is 21.3. The fraction of sp³-hybridized carbons (Fsp3) is 0.533. The molecule has 0 unspecified atom stereocenters. The Morgan fingerprint density at radius 3 is 2.84 bits per heavy atom. The first-order valence-electron chi connectivity index (χ1n) is 6.76. The Balaban J connectivity index is 2.23. The molecule has 1 aromatic carbocycles. The zero-order valence-electron chi connectivity index (χ0n) is 11.4. The van der Waals surface area contributed by atoms with Crippen molar-refractivity contribution in [3.8, 4) is 0 Å². The molecular formula is C15H20FNO2. The summed E-state index contributed by atoms with van der Waals surface area (Å²) in [5.74, 6) is -0.420. The minimum atomic E-state index is -0.536. The predicted octanol–water partition coefficient (Wildman–Crippen LogP) is 2.51. The van der Waals surface area contributed by atoms with Crippen molar-refractivity contribution in [1.29, 1.82) is 0 Å². The van der Waals surface area contributed by atoms with Gasteiger partial charge in [0.25, 0.3) is 5.91 Å². The summed E-state index contributed by atoms with van der Waals surface area (Å²) < 4.78 is 13.2. The topological polar surface area (TPSA) is 40.5 Å². The number of piperidine rings is 1. The molecule has 1 aliphatic rings. The number of rotatable bonds is 2. The first kappa shape index (κ1) is 14.0. The van der Waals surface area contributed by atoms with Gasteiger partial charge in [0.1, 0.15) is 5.82 Å². The van der Waals surface area contributed by atoms with Gasteiger partial charge in [0, 0.05) is 12.1 Å². The maximum atomic E-state index is 13.2. The van der Waals surface area contributed by atoms with Crippen LogP contribution in [0, 0.1) is 12.7 Å². The van der Waals surface area contributed by atoms with Crippen molar-refractivity contribution in [2.75, 3.05) is 6.54 Å². The number of aliphatic hydroxyl groups is 1. The van der Waals surface area contributed by atoms with Gasteiger partial charge in [0.05, 0.1) is 12.1 Å². The Labute approximate surface area is 113 Å². The van der Waals surface area contributed by atoms with Crippen LogP contribution in [0.1, 0.15) is 42.1 Å². The maximum absolute atomic E-state index is 13.2. The Morgan fingerprint density at radius 2 is 2.21 bits per heavy atom. The van der Waals surface area contributed by atoms with Crippen molar-refractivity contribution in [2.24, 2.45) is 0 Å². The molecule has 0 spiro atoms. The molecule has 1 aromatic rings. The molecule has 0 aromatic heterocycles.